The molecule has 0 aromatic heterocycles. The summed E-state index contributed by atoms with van der Waals surface area (Å²) in [5.41, 5.74) is 5.74. The molecule has 0 saturated heterocycles. The number of carbonyl (C=O) groups is 4. The fourth-order valence-corrected chi connectivity index (χ4v) is 6.86. The summed E-state index contributed by atoms with van der Waals surface area (Å²) in [5.74, 6) is -1.08. The Morgan fingerprint density at radius 2 is 1.02 bits per heavy atom. The van der Waals surface area contributed by atoms with E-state index in [1.165, 1.54) is 0 Å². The lowest BCUT2D eigenvalue weighted by molar-refractivity contribution is -0.137. The number of amides is 2. The van der Waals surface area contributed by atoms with Gasteiger partial charge in [-0.1, -0.05) is 71.7 Å². The second-order valence-electron chi connectivity index (χ2n) is 12.2. The average Bonchev–Trinajstić information content (AvgIpc) is 3.12. The summed E-state index contributed by atoms with van der Waals surface area (Å²) >= 11 is 14.2. The second-order valence-corrected chi connectivity index (χ2v) is 12.9. The number of carbonyl (C=O) groups excluding carboxylic acids is 2. The first-order chi connectivity index (χ1) is 25.1. The minimum atomic E-state index is -0.888. The number of carboxylic acids is 2. The molecule has 2 amide bonds. The van der Waals surface area contributed by atoms with Crippen molar-refractivity contribution < 1.29 is 38.9 Å². The van der Waals surface area contributed by atoms with E-state index in [1.54, 1.807) is 9.80 Å². The Labute approximate surface area is 309 Å². The van der Waals surface area contributed by atoms with E-state index in [0.29, 0.717) is 72.2 Å². The highest BCUT2D eigenvalue weighted by molar-refractivity contribution is 6.39. The normalized spacial score (nSPS) is 13.7. The first kappa shape index (κ1) is 36.6. The number of hydrogen-bond acceptors (Lipinski definition) is 8. The summed E-state index contributed by atoms with van der Waals surface area (Å²) in [4.78, 5) is 50.2. The third-order valence-corrected chi connectivity index (χ3v) is 9.59. The minimum Gasteiger partial charge on any atom is -0.482 e. The number of ether oxygens (including phenoxy) is 2. The quantitative estimate of drug-likeness (QED) is 0.113. The fraction of sp³-hybridized carbons (Fsp3) is 0.263. The first-order valence-corrected chi connectivity index (χ1v) is 17.5. The lowest BCUT2D eigenvalue weighted by Gasteiger charge is -2.30. The van der Waals surface area contributed by atoms with Crippen molar-refractivity contribution in [2.24, 2.45) is 0 Å². The lowest BCUT2D eigenvalue weighted by atomic mass is 9.95. The van der Waals surface area contributed by atoms with Crippen LogP contribution >= 0.6 is 23.2 Å². The lowest BCUT2D eigenvalue weighted by Crippen LogP contribution is -2.42. The van der Waals surface area contributed by atoms with Crippen LogP contribution in [0, 0.1) is 0 Å². The van der Waals surface area contributed by atoms with Crippen molar-refractivity contribution in [1.82, 2.24) is 10.6 Å². The van der Waals surface area contributed by atoms with Crippen molar-refractivity contribution >= 4 is 58.3 Å². The van der Waals surface area contributed by atoms with Crippen LogP contribution in [-0.2, 0) is 19.2 Å². The number of nitrogens with one attached hydrogen (secondary N) is 2. The summed E-state index contributed by atoms with van der Waals surface area (Å²) in [6.45, 7) is 1.97. The minimum absolute atomic E-state index is 0.00346. The highest BCUT2D eigenvalue weighted by Crippen LogP contribution is 2.45. The molecule has 270 valence electrons. The van der Waals surface area contributed by atoms with Gasteiger partial charge in [0.05, 0.1) is 34.3 Å². The Bertz CT molecular complexity index is 1880. The van der Waals surface area contributed by atoms with Gasteiger partial charge in [-0.3, -0.25) is 19.2 Å². The van der Waals surface area contributed by atoms with Gasteiger partial charge in [-0.25, -0.2) is 0 Å². The van der Waals surface area contributed by atoms with Gasteiger partial charge in [0.15, 0.2) is 13.2 Å². The molecule has 52 heavy (non-hydrogen) atoms. The van der Waals surface area contributed by atoms with Crippen LogP contribution < -0.4 is 29.9 Å². The number of benzene rings is 4. The number of halogens is 2. The van der Waals surface area contributed by atoms with Gasteiger partial charge < -0.3 is 40.1 Å². The number of aliphatic carboxylic acids is 2. The van der Waals surface area contributed by atoms with Crippen molar-refractivity contribution in [3.8, 4) is 44.9 Å². The highest BCUT2D eigenvalue weighted by Gasteiger charge is 2.28. The number of anilines is 2. The van der Waals surface area contributed by atoms with E-state index in [1.807, 2.05) is 72.8 Å². The number of nitrogens with zero attached hydrogens (tertiary/aromatic N) is 2. The topological polar surface area (TPSA) is 158 Å². The first-order valence-electron chi connectivity index (χ1n) is 16.7. The van der Waals surface area contributed by atoms with Gasteiger partial charge >= 0.3 is 11.9 Å². The Morgan fingerprint density at radius 1 is 0.615 bits per heavy atom. The van der Waals surface area contributed by atoms with Crippen LogP contribution in [0.15, 0.2) is 72.8 Å². The standard InChI is InChI=1S/C38H36Cl2N4O8/c39-37-25(23-7-9-29-31(19-23)51-21-33(45)43(29)17-15-41-13-11-35(47)48)3-1-5-27(37)28-6-2-4-26(38(28)40)24-8-10-30-32(20-24)52-22-34(46)44(30)18-16-42-14-12-36(49)50/h1-10,19-20,41-42H,11-18,21-22H2,(H,47,48)(H,49,50). The van der Waals surface area contributed by atoms with Gasteiger partial charge in [-0.2, -0.15) is 0 Å². The smallest absolute Gasteiger partial charge is 0.304 e. The van der Waals surface area contributed by atoms with E-state index in [0.717, 1.165) is 33.4 Å². The second kappa shape index (κ2) is 16.5. The number of rotatable bonds is 15. The molecule has 0 spiro atoms. The van der Waals surface area contributed by atoms with Crippen LogP contribution in [-0.4, -0.2) is 86.4 Å². The molecule has 6 rings (SSSR count). The zero-order valence-corrected chi connectivity index (χ0v) is 29.5. The van der Waals surface area contributed by atoms with E-state index in [2.05, 4.69) is 10.6 Å². The van der Waals surface area contributed by atoms with Crippen molar-refractivity contribution in [2.45, 2.75) is 12.8 Å². The maximum Gasteiger partial charge on any atom is 0.304 e. The third kappa shape index (κ3) is 8.16. The van der Waals surface area contributed by atoms with Crippen LogP contribution in [0.4, 0.5) is 11.4 Å². The van der Waals surface area contributed by atoms with Crippen molar-refractivity contribution in [3.63, 3.8) is 0 Å². The highest BCUT2D eigenvalue weighted by atomic mass is 35.5. The van der Waals surface area contributed by atoms with Crippen molar-refractivity contribution in [3.05, 3.63) is 82.8 Å². The van der Waals surface area contributed by atoms with Crippen LogP contribution in [0.2, 0.25) is 10.0 Å². The molecule has 0 bridgehead atoms. The maximum absolute atomic E-state index is 12.7. The molecule has 4 aromatic rings. The molecule has 2 aliphatic heterocycles. The summed E-state index contributed by atoms with van der Waals surface area (Å²) in [6, 6.07) is 22.5. The van der Waals surface area contributed by atoms with Gasteiger partial charge in [0.2, 0.25) is 0 Å². The Kier molecular flexibility index (Phi) is 11.6. The summed E-state index contributed by atoms with van der Waals surface area (Å²) in [6.07, 6.45) is -0.00692. The molecule has 0 fully saturated rings. The number of fused-ring (bicyclic) bond motifs is 2. The van der Waals surface area contributed by atoms with Crippen molar-refractivity contribution in [1.29, 1.82) is 0 Å². The van der Waals surface area contributed by atoms with Gasteiger partial charge in [-0.05, 0) is 35.4 Å². The van der Waals surface area contributed by atoms with Gasteiger partial charge in [0.1, 0.15) is 11.5 Å². The molecule has 0 saturated carbocycles. The summed E-state index contributed by atoms with van der Waals surface area (Å²) in [7, 11) is 0. The molecule has 0 aliphatic carbocycles. The average molecular weight is 748 g/mol. The molecular weight excluding hydrogens is 711 g/mol. The molecule has 4 aromatic carbocycles. The van der Waals surface area contributed by atoms with Crippen molar-refractivity contribution in [2.75, 3.05) is 62.3 Å². The van der Waals surface area contributed by atoms with E-state index in [-0.39, 0.29) is 37.9 Å². The summed E-state index contributed by atoms with van der Waals surface area (Å²) in [5, 5.41) is 24.8. The molecular formula is C38H36Cl2N4O8. The van der Waals surface area contributed by atoms with E-state index in [4.69, 9.17) is 42.9 Å². The number of hydrogen-bond donors (Lipinski definition) is 4. The van der Waals surface area contributed by atoms with Gasteiger partial charge in [0.25, 0.3) is 11.8 Å². The zero-order valence-electron chi connectivity index (χ0n) is 28.0. The van der Waals surface area contributed by atoms with E-state index in [9.17, 15) is 19.2 Å². The third-order valence-electron chi connectivity index (χ3n) is 8.77. The molecule has 0 radical (unpaired) electrons. The molecule has 12 nitrogen and oxygen atoms in total. The van der Waals surface area contributed by atoms with Crippen LogP contribution in [0.5, 0.6) is 11.5 Å². The Balaban J connectivity index is 1.22. The van der Waals surface area contributed by atoms with Crippen LogP contribution in [0.25, 0.3) is 33.4 Å². The predicted molar refractivity (Wildman–Crippen MR) is 199 cm³/mol. The molecule has 2 heterocycles. The monoisotopic (exact) mass is 746 g/mol. The molecule has 4 N–H and O–H groups in total. The Morgan fingerprint density at radius 3 is 1.42 bits per heavy atom. The molecule has 0 atom stereocenters. The maximum atomic E-state index is 12.7. The van der Waals surface area contributed by atoms with Crippen LogP contribution in [0.1, 0.15) is 12.8 Å². The SMILES string of the molecule is O=C(O)CCNCCN1C(=O)COc2cc(-c3cccc(-c4cccc(-c5ccc6c(c5)OCC(=O)N6CCNCCC(=O)O)c4Cl)c3Cl)ccc21. The molecule has 14 heteroatoms. The van der Waals surface area contributed by atoms with Crippen LogP contribution in [0.3, 0.4) is 0 Å². The predicted octanol–water partition coefficient (Wildman–Crippen LogP) is 5.57. The summed E-state index contributed by atoms with van der Waals surface area (Å²) < 4.78 is 11.6. The van der Waals surface area contributed by atoms with Gasteiger partial charge in [-0.15, -0.1) is 0 Å². The zero-order chi connectivity index (χ0) is 36.8. The van der Waals surface area contributed by atoms with E-state index >= 15 is 0 Å². The fourth-order valence-electron chi connectivity index (χ4n) is 6.18. The van der Waals surface area contributed by atoms with E-state index < -0.39 is 11.9 Å². The largest absolute Gasteiger partial charge is 0.482 e. The molecule has 2 aliphatic rings. The number of carboxylic acid groups (broad SMARTS) is 2. The Hall–Kier alpha value is -5.14. The van der Waals surface area contributed by atoms with Gasteiger partial charge in [0, 0.05) is 61.5 Å². The molecule has 0 unspecified atom stereocenters.